The number of hydrogen-bond acceptors (Lipinski definition) is 3. The van der Waals surface area contributed by atoms with Gasteiger partial charge in [0.15, 0.2) is 0 Å². The Morgan fingerprint density at radius 3 is 2.50 bits per heavy atom. The van der Waals surface area contributed by atoms with Gasteiger partial charge in [-0.3, -0.25) is 0 Å². The summed E-state index contributed by atoms with van der Waals surface area (Å²) in [6, 6.07) is 9.30. The van der Waals surface area contributed by atoms with Crippen LogP contribution in [0.1, 0.15) is 32.6 Å². The van der Waals surface area contributed by atoms with E-state index in [-0.39, 0.29) is 0 Å². The quantitative estimate of drug-likeness (QED) is 0.842. The topological polar surface area (TPSA) is 21.3 Å². The molecule has 1 aromatic carbocycles. The van der Waals surface area contributed by atoms with Gasteiger partial charge in [-0.15, -0.1) is 11.8 Å². The zero-order chi connectivity index (χ0) is 14.4. The first-order chi connectivity index (χ1) is 9.67. The molecule has 1 fully saturated rings. The highest BCUT2D eigenvalue weighted by Crippen LogP contribution is 2.34. The fourth-order valence-corrected chi connectivity index (χ4v) is 4.07. The third kappa shape index (κ3) is 5.28. The summed E-state index contributed by atoms with van der Waals surface area (Å²) in [5, 5.41) is 5.22. The smallest absolute Gasteiger partial charge is 0.0613 e. The molecule has 112 valence electrons. The van der Waals surface area contributed by atoms with E-state index in [9.17, 15) is 0 Å². The Bertz CT molecular complexity index is 390. The van der Waals surface area contributed by atoms with Gasteiger partial charge >= 0.3 is 0 Å². The van der Waals surface area contributed by atoms with Gasteiger partial charge in [0.2, 0.25) is 0 Å². The normalized spacial score (nSPS) is 24.6. The summed E-state index contributed by atoms with van der Waals surface area (Å²) >= 11 is 7.91. The molecular weight excluding hydrogens is 290 g/mol. The molecule has 1 aromatic rings. The van der Waals surface area contributed by atoms with E-state index in [1.54, 1.807) is 7.11 Å². The second kappa shape index (κ2) is 8.28. The summed E-state index contributed by atoms with van der Waals surface area (Å²) in [5.74, 6) is 0. The predicted molar refractivity (Wildman–Crippen MR) is 87.8 cm³/mol. The molecule has 2 rings (SSSR count). The Balaban J connectivity index is 1.72. The van der Waals surface area contributed by atoms with Gasteiger partial charge in [-0.05, 0) is 56.9 Å². The molecule has 0 unspecified atom stereocenters. The maximum absolute atomic E-state index is 5.92. The van der Waals surface area contributed by atoms with Crippen molar-refractivity contribution in [2.45, 2.75) is 54.8 Å². The van der Waals surface area contributed by atoms with Crippen molar-refractivity contribution in [3.8, 4) is 0 Å². The van der Waals surface area contributed by atoms with Crippen molar-refractivity contribution in [1.82, 2.24) is 5.32 Å². The Morgan fingerprint density at radius 2 is 1.90 bits per heavy atom. The fraction of sp³-hybridized carbons (Fsp3) is 0.625. The summed E-state index contributed by atoms with van der Waals surface area (Å²) in [7, 11) is 1.76. The van der Waals surface area contributed by atoms with E-state index in [1.807, 2.05) is 23.9 Å². The SMILES string of the molecule is COC[C@@H](C)NC1CCC(Sc2ccc(Cl)cc2)CC1. The maximum Gasteiger partial charge on any atom is 0.0613 e. The summed E-state index contributed by atoms with van der Waals surface area (Å²) in [4.78, 5) is 1.33. The van der Waals surface area contributed by atoms with Crippen LogP contribution in [-0.2, 0) is 4.74 Å². The Kier molecular flexibility index (Phi) is 6.69. The first kappa shape index (κ1) is 16.2. The second-order valence-electron chi connectivity index (χ2n) is 5.57. The molecular formula is C16H24ClNOS. The highest BCUT2D eigenvalue weighted by atomic mass is 35.5. The van der Waals surface area contributed by atoms with Crippen LogP contribution < -0.4 is 5.32 Å². The first-order valence-corrected chi connectivity index (χ1v) is 8.60. The third-order valence-electron chi connectivity index (χ3n) is 3.73. The lowest BCUT2D eigenvalue weighted by molar-refractivity contribution is 0.162. The zero-order valence-corrected chi connectivity index (χ0v) is 13.8. The summed E-state index contributed by atoms with van der Waals surface area (Å²) in [6.45, 7) is 2.98. The van der Waals surface area contributed by atoms with Crippen LogP contribution in [0.25, 0.3) is 0 Å². The van der Waals surface area contributed by atoms with Crippen LogP contribution in [0.4, 0.5) is 0 Å². The molecule has 0 saturated heterocycles. The maximum atomic E-state index is 5.92. The fourth-order valence-electron chi connectivity index (χ4n) is 2.75. The molecule has 0 aromatic heterocycles. The number of nitrogens with one attached hydrogen (secondary N) is 1. The molecule has 0 radical (unpaired) electrons. The number of thioether (sulfide) groups is 1. The number of ether oxygens (including phenoxy) is 1. The molecule has 1 atom stereocenters. The van der Waals surface area contributed by atoms with Gasteiger partial charge < -0.3 is 10.1 Å². The van der Waals surface area contributed by atoms with Gasteiger partial charge in [0, 0.05) is 34.4 Å². The summed E-state index contributed by atoms with van der Waals surface area (Å²) in [6.07, 6.45) is 5.09. The van der Waals surface area contributed by atoms with Crippen molar-refractivity contribution in [3.63, 3.8) is 0 Å². The molecule has 0 bridgehead atoms. The molecule has 1 aliphatic carbocycles. The van der Waals surface area contributed by atoms with E-state index in [2.05, 4.69) is 24.4 Å². The number of methoxy groups -OCH3 is 1. The van der Waals surface area contributed by atoms with E-state index < -0.39 is 0 Å². The van der Waals surface area contributed by atoms with Gasteiger partial charge in [0.05, 0.1) is 6.61 Å². The monoisotopic (exact) mass is 313 g/mol. The Labute approximate surface area is 131 Å². The van der Waals surface area contributed by atoms with Crippen LogP contribution in [0.5, 0.6) is 0 Å². The lowest BCUT2D eigenvalue weighted by Crippen LogP contribution is -2.41. The van der Waals surface area contributed by atoms with Crippen molar-refractivity contribution in [1.29, 1.82) is 0 Å². The average Bonchev–Trinajstić information content (AvgIpc) is 2.44. The average molecular weight is 314 g/mol. The number of halogens is 1. The van der Waals surface area contributed by atoms with Gasteiger partial charge in [-0.25, -0.2) is 0 Å². The van der Waals surface area contributed by atoms with Crippen molar-refractivity contribution < 1.29 is 4.74 Å². The van der Waals surface area contributed by atoms with Crippen molar-refractivity contribution in [2.75, 3.05) is 13.7 Å². The Morgan fingerprint density at radius 1 is 1.25 bits per heavy atom. The number of rotatable bonds is 6. The molecule has 0 heterocycles. The second-order valence-corrected chi connectivity index (χ2v) is 7.38. The van der Waals surface area contributed by atoms with Crippen LogP contribution in [0.2, 0.25) is 5.02 Å². The lowest BCUT2D eigenvalue weighted by Gasteiger charge is -2.30. The minimum atomic E-state index is 0.450. The van der Waals surface area contributed by atoms with Gasteiger partial charge in [-0.1, -0.05) is 11.6 Å². The third-order valence-corrected chi connectivity index (χ3v) is 5.33. The van der Waals surface area contributed by atoms with Crippen LogP contribution in [0.15, 0.2) is 29.2 Å². The highest BCUT2D eigenvalue weighted by Gasteiger charge is 2.22. The highest BCUT2D eigenvalue weighted by molar-refractivity contribution is 8.00. The molecule has 0 spiro atoms. The van der Waals surface area contributed by atoms with Crippen molar-refractivity contribution >= 4 is 23.4 Å². The molecule has 0 amide bonds. The largest absolute Gasteiger partial charge is 0.383 e. The van der Waals surface area contributed by atoms with E-state index in [4.69, 9.17) is 16.3 Å². The van der Waals surface area contributed by atoms with Crippen LogP contribution in [0.3, 0.4) is 0 Å². The van der Waals surface area contributed by atoms with Crippen molar-refractivity contribution in [2.24, 2.45) is 0 Å². The zero-order valence-electron chi connectivity index (χ0n) is 12.3. The van der Waals surface area contributed by atoms with E-state index in [0.29, 0.717) is 12.1 Å². The molecule has 2 nitrogen and oxygen atoms in total. The summed E-state index contributed by atoms with van der Waals surface area (Å²) < 4.78 is 5.18. The first-order valence-electron chi connectivity index (χ1n) is 7.34. The van der Waals surface area contributed by atoms with Gasteiger partial charge in [0.1, 0.15) is 0 Å². The standard InChI is InChI=1S/C16H24ClNOS/c1-12(11-19-2)18-14-5-9-16(10-6-14)20-15-7-3-13(17)4-8-15/h3-4,7-8,12,14,16,18H,5-6,9-11H2,1-2H3/t12-,14?,16?/m1/s1. The molecule has 20 heavy (non-hydrogen) atoms. The molecule has 1 aliphatic rings. The van der Waals surface area contributed by atoms with Gasteiger partial charge in [-0.2, -0.15) is 0 Å². The molecule has 1 saturated carbocycles. The number of hydrogen-bond donors (Lipinski definition) is 1. The molecule has 4 heteroatoms. The lowest BCUT2D eigenvalue weighted by atomic mass is 9.94. The van der Waals surface area contributed by atoms with Crippen LogP contribution in [-0.4, -0.2) is 31.1 Å². The predicted octanol–water partition coefficient (Wildman–Crippen LogP) is 4.37. The van der Waals surface area contributed by atoms with E-state index in [1.165, 1.54) is 30.6 Å². The van der Waals surface area contributed by atoms with Crippen LogP contribution in [0, 0.1) is 0 Å². The van der Waals surface area contributed by atoms with Crippen LogP contribution >= 0.6 is 23.4 Å². The van der Waals surface area contributed by atoms with Gasteiger partial charge in [0.25, 0.3) is 0 Å². The molecule has 0 aliphatic heterocycles. The summed E-state index contributed by atoms with van der Waals surface area (Å²) in [5.41, 5.74) is 0. The molecule has 1 N–H and O–H groups in total. The van der Waals surface area contributed by atoms with E-state index >= 15 is 0 Å². The minimum Gasteiger partial charge on any atom is -0.383 e. The number of benzene rings is 1. The van der Waals surface area contributed by atoms with Crippen molar-refractivity contribution in [3.05, 3.63) is 29.3 Å². The van der Waals surface area contributed by atoms with E-state index in [0.717, 1.165) is 16.9 Å². The minimum absolute atomic E-state index is 0.450. The Hall–Kier alpha value is -0.220.